The van der Waals surface area contributed by atoms with Gasteiger partial charge < -0.3 is 0 Å². The Labute approximate surface area is 88.8 Å². The van der Waals surface area contributed by atoms with E-state index in [0.29, 0.717) is 0 Å². The summed E-state index contributed by atoms with van der Waals surface area (Å²) in [6, 6.07) is 0. The van der Waals surface area contributed by atoms with Crippen LogP contribution in [0, 0.1) is 0 Å². The fourth-order valence-corrected chi connectivity index (χ4v) is 95.0. The SMILES string of the molecule is C[CH2][Bi]([CH2]C)[S][Bi]([CH2]C)[CH2]C. The van der Waals surface area contributed by atoms with Gasteiger partial charge in [-0.2, -0.15) is 0 Å². The first kappa shape index (κ1) is 13.1. The van der Waals surface area contributed by atoms with E-state index >= 15 is 0 Å². The normalized spacial score (nSPS) is 11.5. The summed E-state index contributed by atoms with van der Waals surface area (Å²) in [7, 11) is 0. The number of hydrogen-bond donors (Lipinski definition) is 0. The molecule has 0 unspecified atom stereocenters. The molecular weight excluding hydrogens is 546 g/mol. The zero-order valence-electron chi connectivity index (χ0n) is 8.13. The third kappa shape index (κ3) is 6.22. The molecule has 0 aliphatic rings. The fraction of sp³-hybridized carbons (Fsp3) is 1.00. The summed E-state index contributed by atoms with van der Waals surface area (Å²) in [5.74, 6) is 0. The fourth-order valence-electron chi connectivity index (χ4n) is 0.841. The minimum absolute atomic E-state index is 0.871. The summed E-state index contributed by atoms with van der Waals surface area (Å²) in [5, 5.41) is 2.60. The Morgan fingerprint density at radius 2 is 1.00 bits per heavy atom. The van der Waals surface area contributed by atoms with E-state index in [-0.39, 0.29) is 0 Å². The van der Waals surface area contributed by atoms with Crippen LogP contribution in [0.15, 0.2) is 0 Å². The molecule has 0 saturated carbocycles. The van der Waals surface area contributed by atoms with E-state index in [1.807, 2.05) is 0 Å². The maximum atomic E-state index is 2.60. The second kappa shape index (κ2) is 8.70. The predicted molar refractivity (Wildman–Crippen MR) is 61.0 cm³/mol. The van der Waals surface area contributed by atoms with Crippen LogP contribution < -0.4 is 0 Å². The molecule has 0 atom stereocenters. The Morgan fingerprint density at radius 1 is 0.727 bits per heavy atom. The quantitative estimate of drug-likeness (QED) is 0.442. The molecule has 0 saturated heterocycles. The summed E-state index contributed by atoms with van der Waals surface area (Å²) in [5.41, 5.74) is 0. The second-order valence-electron chi connectivity index (χ2n) is 2.31. The van der Waals surface area contributed by atoms with Crippen LogP contribution in [0.5, 0.6) is 0 Å². The molecule has 0 aliphatic carbocycles. The molecular formula is C8H20Bi2S. The van der Waals surface area contributed by atoms with Crippen LogP contribution in [-0.4, -0.2) is 40.6 Å². The molecule has 3 heteroatoms. The molecule has 0 nitrogen and oxygen atoms in total. The molecule has 68 valence electrons. The monoisotopic (exact) mass is 566 g/mol. The first-order valence-electron chi connectivity index (χ1n) is 4.46. The molecule has 0 rings (SSSR count). The standard InChI is InChI=1S/4C2H5.2Bi.S/c4*1-2;;;/h4*1H2,2H3;;;. The van der Waals surface area contributed by atoms with Crippen molar-refractivity contribution >= 4 is 45.8 Å². The predicted octanol–water partition coefficient (Wildman–Crippen LogP) is 3.78. The Morgan fingerprint density at radius 3 is 1.18 bits per heavy atom. The van der Waals surface area contributed by atoms with E-state index in [2.05, 4.69) is 33.0 Å². The van der Waals surface area contributed by atoms with Crippen LogP contribution in [0.2, 0.25) is 16.5 Å². The molecule has 0 radical (unpaired) electrons. The van der Waals surface area contributed by atoms with Gasteiger partial charge in [-0.05, 0) is 0 Å². The molecule has 0 heterocycles. The van der Waals surface area contributed by atoms with E-state index in [9.17, 15) is 0 Å². The van der Waals surface area contributed by atoms with Crippen molar-refractivity contribution in [1.29, 1.82) is 0 Å². The van der Waals surface area contributed by atoms with Gasteiger partial charge in [-0.15, -0.1) is 0 Å². The van der Waals surface area contributed by atoms with Crippen LogP contribution >= 0.6 is 5.27 Å². The summed E-state index contributed by atoms with van der Waals surface area (Å²) in [6.45, 7) is 9.67. The number of hydrogen-bond acceptors (Lipinski definition) is 1. The molecule has 0 aromatic heterocycles. The third-order valence-corrected chi connectivity index (χ3v) is 74.8. The van der Waals surface area contributed by atoms with Crippen molar-refractivity contribution in [2.75, 3.05) is 0 Å². The van der Waals surface area contributed by atoms with E-state index in [1.165, 1.54) is 0 Å². The molecule has 0 bridgehead atoms. The summed E-state index contributed by atoms with van der Waals surface area (Å²) < 4.78 is 6.34. The van der Waals surface area contributed by atoms with Gasteiger partial charge in [0.05, 0.1) is 0 Å². The number of rotatable bonds is 6. The van der Waals surface area contributed by atoms with Gasteiger partial charge in [0.1, 0.15) is 0 Å². The van der Waals surface area contributed by atoms with Gasteiger partial charge in [-0.25, -0.2) is 0 Å². The van der Waals surface area contributed by atoms with E-state index < -0.39 is 40.6 Å². The van der Waals surface area contributed by atoms with Crippen LogP contribution in [0.3, 0.4) is 0 Å². The average Bonchev–Trinajstić information content (AvgIpc) is 2.07. The van der Waals surface area contributed by atoms with Crippen LogP contribution in [0.4, 0.5) is 0 Å². The molecule has 0 spiro atoms. The van der Waals surface area contributed by atoms with Gasteiger partial charge in [0, 0.05) is 0 Å². The van der Waals surface area contributed by atoms with E-state index in [4.69, 9.17) is 0 Å². The van der Waals surface area contributed by atoms with Gasteiger partial charge in [0.25, 0.3) is 0 Å². The second-order valence-corrected chi connectivity index (χ2v) is 47.5. The minimum atomic E-state index is -0.871. The van der Waals surface area contributed by atoms with Crippen LogP contribution in [0.25, 0.3) is 0 Å². The van der Waals surface area contributed by atoms with Gasteiger partial charge in [0.15, 0.2) is 0 Å². The zero-order valence-corrected chi connectivity index (χ0v) is 15.9. The van der Waals surface area contributed by atoms with E-state index in [1.54, 1.807) is 16.5 Å². The van der Waals surface area contributed by atoms with Crippen molar-refractivity contribution in [2.24, 2.45) is 0 Å². The molecule has 0 amide bonds. The Kier molecular flexibility index (Phi) is 10.4. The van der Waals surface area contributed by atoms with Crippen LogP contribution in [0.1, 0.15) is 27.7 Å². The summed E-state index contributed by atoms with van der Waals surface area (Å²) in [4.78, 5) is 0. The molecule has 11 heavy (non-hydrogen) atoms. The third-order valence-electron chi connectivity index (χ3n) is 1.64. The molecule has 0 N–H and O–H groups in total. The summed E-state index contributed by atoms with van der Waals surface area (Å²) >= 11 is -1.74. The molecule has 0 fully saturated rings. The van der Waals surface area contributed by atoms with E-state index in [0.717, 1.165) is 0 Å². The van der Waals surface area contributed by atoms with Crippen molar-refractivity contribution in [3.05, 3.63) is 0 Å². The van der Waals surface area contributed by atoms with Crippen molar-refractivity contribution in [2.45, 2.75) is 44.2 Å². The first-order chi connectivity index (χ1) is 5.28. The molecule has 0 aliphatic heterocycles. The van der Waals surface area contributed by atoms with Gasteiger partial charge in [0.2, 0.25) is 0 Å². The Bertz CT molecular complexity index is 70.2. The van der Waals surface area contributed by atoms with Crippen molar-refractivity contribution in [3.63, 3.8) is 0 Å². The first-order valence-corrected chi connectivity index (χ1v) is 23.5. The molecule has 0 aromatic carbocycles. The van der Waals surface area contributed by atoms with Crippen molar-refractivity contribution in [1.82, 2.24) is 0 Å². The molecule has 0 aromatic rings. The maximum absolute atomic E-state index is 2.60. The van der Waals surface area contributed by atoms with Crippen molar-refractivity contribution < 1.29 is 0 Å². The Hall–Kier alpha value is 2.12. The van der Waals surface area contributed by atoms with Gasteiger partial charge in [-0.3, -0.25) is 0 Å². The topological polar surface area (TPSA) is 0 Å². The average molecular weight is 566 g/mol. The summed E-state index contributed by atoms with van der Waals surface area (Å²) in [6.07, 6.45) is 0. The Balaban J connectivity index is 3.58. The zero-order chi connectivity index (χ0) is 8.69. The van der Waals surface area contributed by atoms with Crippen LogP contribution in [-0.2, 0) is 0 Å². The van der Waals surface area contributed by atoms with Crippen molar-refractivity contribution in [3.8, 4) is 0 Å². The van der Waals surface area contributed by atoms with Gasteiger partial charge >= 0.3 is 90.1 Å². The van der Waals surface area contributed by atoms with Gasteiger partial charge in [-0.1, -0.05) is 0 Å².